The van der Waals surface area contributed by atoms with Crippen molar-refractivity contribution in [2.45, 2.75) is 63.6 Å². The number of carboxylic acid groups (broad SMARTS) is 1. The average Bonchev–Trinajstić information content (AvgIpc) is 2.49. The van der Waals surface area contributed by atoms with E-state index in [-0.39, 0.29) is 24.5 Å². The zero-order chi connectivity index (χ0) is 15.1. The summed E-state index contributed by atoms with van der Waals surface area (Å²) in [4.78, 5) is 24.8. The van der Waals surface area contributed by atoms with Gasteiger partial charge >= 0.3 is 12.1 Å². The molecule has 3 N–H and O–H groups in total. The molecule has 1 saturated heterocycles. The molecule has 1 aliphatic carbocycles. The number of rotatable bonds is 2. The third-order valence-electron chi connectivity index (χ3n) is 3.97. The van der Waals surface area contributed by atoms with Crippen LogP contribution in [0.2, 0.25) is 0 Å². The maximum atomic E-state index is 12.2. The highest BCUT2D eigenvalue weighted by molar-refractivity contribution is 5.70. The third-order valence-corrected chi connectivity index (χ3v) is 3.97. The van der Waals surface area contributed by atoms with Crippen molar-refractivity contribution < 1.29 is 19.4 Å². The number of carboxylic acids is 1. The first-order chi connectivity index (χ1) is 9.08. The summed E-state index contributed by atoms with van der Waals surface area (Å²) in [6, 6.07) is 0.00736. The summed E-state index contributed by atoms with van der Waals surface area (Å²) in [6.07, 6.45) is 1.74. The summed E-state index contributed by atoms with van der Waals surface area (Å²) in [5.74, 6) is -0.594. The lowest BCUT2D eigenvalue weighted by Crippen LogP contribution is -2.50. The minimum absolute atomic E-state index is 0.00736. The molecule has 2 bridgehead atoms. The van der Waals surface area contributed by atoms with E-state index < -0.39 is 17.1 Å². The van der Waals surface area contributed by atoms with E-state index >= 15 is 0 Å². The van der Waals surface area contributed by atoms with Gasteiger partial charge in [0, 0.05) is 18.1 Å². The molecule has 2 rings (SSSR count). The fraction of sp³-hybridized carbons (Fsp3) is 0.857. The average molecular weight is 284 g/mol. The number of nitrogens with zero attached hydrogens (tertiary/aromatic N) is 1. The van der Waals surface area contributed by atoms with E-state index in [9.17, 15) is 9.59 Å². The van der Waals surface area contributed by atoms with Gasteiger partial charge in [-0.15, -0.1) is 0 Å². The van der Waals surface area contributed by atoms with Gasteiger partial charge in [0.05, 0.1) is 6.42 Å². The number of fused-ring (bicyclic) bond motifs is 2. The number of hydrogen-bond donors (Lipinski definition) is 2. The van der Waals surface area contributed by atoms with Crippen molar-refractivity contribution in [3.63, 3.8) is 0 Å². The fourth-order valence-corrected chi connectivity index (χ4v) is 3.47. The number of likely N-dealkylation sites (tertiary alicyclic amines) is 1. The van der Waals surface area contributed by atoms with Gasteiger partial charge in [0.1, 0.15) is 5.60 Å². The number of ether oxygens (including phenoxy) is 1. The Hall–Kier alpha value is -1.30. The number of aliphatic carboxylic acids is 1. The zero-order valence-electron chi connectivity index (χ0n) is 12.4. The van der Waals surface area contributed by atoms with E-state index in [4.69, 9.17) is 15.6 Å². The number of carbonyl (C=O) groups excluding carboxylic acids is 1. The molecule has 3 atom stereocenters. The Morgan fingerprint density at radius 1 is 1.40 bits per heavy atom. The van der Waals surface area contributed by atoms with Crippen LogP contribution in [0.1, 0.15) is 46.5 Å². The number of hydrogen-bond acceptors (Lipinski definition) is 4. The molecule has 0 radical (unpaired) electrons. The second-order valence-electron chi connectivity index (χ2n) is 7.23. The third kappa shape index (κ3) is 3.42. The molecule has 114 valence electrons. The van der Waals surface area contributed by atoms with Crippen LogP contribution in [-0.4, -0.2) is 45.8 Å². The van der Waals surface area contributed by atoms with Crippen LogP contribution in [0, 0.1) is 5.92 Å². The van der Waals surface area contributed by atoms with Gasteiger partial charge in [-0.3, -0.25) is 4.79 Å². The number of amides is 1. The Kier molecular flexibility index (Phi) is 3.71. The standard InChI is InChI=1S/C14H24N2O4/c1-13(2,3)20-12(19)16-8-9-4-10(16)6-14(15,5-9)7-11(17)18/h9-10H,4-8,15H2,1-3H3,(H,17,18). The highest BCUT2D eigenvalue weighted by Gasteiger charge is 2.48. The molecule has 1 saturated carbocycles. The van der Waals surface area contributed by atoms with Gasteiger partial charge in [0.2, 0.25) is 0 Å². The van der Waals surface area contributed by atoms with E-state index in [1.165, 1.54) is 0 Å². The second kappa shape index (κ2) is 4.91. The van der Waals surface area contributed by atoms with Crippen LogP contribution in [-0.2, 0) is 9.53 Å². The second-order valence-corrected chi connectivity index (χ2v) is 7.23. The molecule has 1 heterocycles. The van der Waals surface area contributed by atoms with Crippen molar-refractivity contribution in [1.82, 2.24) is 4.90 Å². The molecule has 1 aliphatic heterocycles. The number of carbonyl (C=O) groups is 2. The lowest BCUT2D eigenvalue weighted by Gasteiger charge is -2.37. The minimum atomic E-state index is -0.877. The van der Waals surface area contributed by atoms with Gasteiger partial charge in [-0.05, 0) is 46.0 Å². The first kappa shape index (κ1) is 15.1. The molecule has 0 aromatic heterocycles. The highest BCUT2D eigenvalue weighted by atomic mass is 16.6. The lowest BCUT2D eigenvalue weighted by atomic mass is 9.75. The van der Waals surface area contributed by atoms with E-state index in [0.29, 0.717) is 19.4 Å². The van der Waals surface area contributed by atoms with Crippen molar-refractivity contribution in [3.8, 4) is 0 Å². The summed E-state index contributed by atoms with van der Waals surface area (Å²) in [6.45, 7) is 6.14. The molecule has 0 aromatic rings. The monoisotopic (exact) mass is 284 g/mol. The summed E-state index contributed by atoms with van der Waals surface area (Å²) >= 11 is 0. The molecular formula is C14H24N2O4. The SMILES string of the molecule is CC(C)(C)OC(=O)N1CC2CC1CC(N)(CC(=O)O)C2. The van der Waals surface area contributed by atoms with E-state index in [1.54, 1.807) is 4.90 Å². The fourth-order valence-electron chi connectivity index (χ4n) is 3.47. The normalized spacial score (nSPS) is 33.1. The summed E-state index contributed by atoms with van der Waals surface area (Å²) in [7, 11) is 0. The van der Waals surface area contributed by atoms with E-state index in [2.05, 4.69) is 0 Å². The maximum absolute atomic E-state index is 12.2. The molecule has 1 amide bonds. The molecule has 2 aliphatic rings. The van der Waals surface area contributed by atoms with Crippen molar-refractivity contribution in [3.05, 3.63) is 0 Å². The van der Waals surface area contributed by atoms with Crippen LogP contribution >= 0.6 is 0 Å². The van der Waals surface area contributed by atoms with E-state index in [0.717, 1.165) is 6.42 Å². The summed E-state index contributed by atoms with van der Waals surface area (Å²) in [5, 5.41) is 8.97. The van der Waals surface area contributed by atoms with Gasteiger partial charge in [-0.2, -0.15) is 0 Å². The van der Waals surface area contributed by atoms with Crippen LogP contribution in [0.25, 0.3) is 0 Å². The molecule has 0 aromatic carbocycles. The molecule has 20 heavy (non-hydrogen) atoms. The van der Waals surface area contributed by atoms with Crippen LogP contribution in [0.4, 0.5) is 4.79 Å². The van der Waals surface area contributed by atoms with Crippen LogP contribution in [0.3, 0.4) is 0 Å². The molecule has 2 fully saturated rings. The van der Waals surface area contributed by atoms with Crippen molar-refractivity contribution in [1.29, 1.82) is 0 Å². The van der Waals surface area contributed by atoms with Crippen molar-refractivity contribution in [2.24, 2.45) is 11.7 Å². The number of nitrogens with two attached hydrogens (primary N) is 1. The summed E-state index contributed by atoms with van der Waals surface area (Å²) < 4.78 is 5.41. The first-order valence-electron chi connectivity index (χ1n) is 7.08. The maximum Gasteiger partial charge on any atom is 0.410 e. The van der Waals surface area contributed by atoms with Crippen LogP contribution in [0.15, 0.2) is 0 Å². The Balaban J connectivity index is 2.04. The van der Waals surface area contributed by atoms with Gasteiger partial charge in [0.25, 0.3) is 0 Å². The Bertz CT molecular complexity index is 418. The Labute approximate surface area is 119 Å². The van der Waals surface area contributed by atoms with Crippen LogP contribution < -0.4 is 5.73 Å². The molecular weight excluding hydrogens is 260 g/mol. The largest absolute Gasteiger partial charge is 0.481 e. The first-order valence-corrected chi connectivity index (χ1v) is 7.08. The lowest BCUT2D eigenvalue weighted by molar-refractivity contribution is -0.138. The van der Waals surface area contributed by atoms with Gasteiger partial charge in [-0.25, -0.2) is 4.79 Å². The molecule has 0 spiro atoms. The minimum Gasteiger partial charge on any atom is -0.481 e. The van der Waals surface area contributed by atoms with Crippen molar-refractivity contribution in [2.75, 3.05) is 6.54 Å². The Morgan fingerprint density at radius 3 is 2.60 bits per heavy atom. The van der Waals surface area contributed by atoms with Gasteiger partial charge in [-0.1, -0.05) is 0 Å². The quantitative estimate of drug-likeness (QED) is 0.803. The predicted molar refractivity (Wildman–Crippen MR) is 73.2 cm³/mol. The van der Waals surface area contributed by atoms with Gasteiger partial charge in [0.15, 0.2) is 0 Å². The summed E-state index contributed by atoms with van der Waals surface area (Å²) in [5.41, 5.74) is 4.99. The zero-order valence-corrected chi connectivity index (χ0v) is 12.4. The smallest absolute Gasteiger partial charge is 0.410 e. The molecule has 3 unspecified atom stereocenters. The Morgan fingerprint density at radius 2 is 2.05 bits per heavy atom. The predicted octanol–water partition coefficient (Wildman–Crippen LogP) is 1.58. The molecule has 6 nitrogen and oxygen atoms in total. The van der Waals surface area contributed by atoms with Crippen molar-refractivity contribution >= 4 is 12.1 Å². The van der Waals surface area contributed by atoms with Gasteiger partial charge < -0.3 is 20.5 Å². The van der Waals surface area contributed by atoms with Crippen LogP contribution in [0.5, 0.6) is 0 Å². The van der Waals surface area contributed by atoms with E-state index in [1.807, 2.05) is 20.8 Å². The highest BCUT2D eigenvalue weighted by Crippen LogP contribution is 2.41. The topological polar surface area (TPSA) is 92.9 Å². The molecule has 6 heteroatoms.